The van der Waals surface area contributed by atoms with Crippen molar-refractivity contribution >= 4 is 23.4 Å². The summed E-state index contributed by atoms with van der Waals surface area (Å²) in [5.41, 5.74) is 10.6. The maximum atomic E-state index is 11.0. The number of carbonyl (C=O) groups excluding carboxylic acids is 2. The Bertz CT molecular complexity index is 477. The van der Waals surface area contributed by atoms with Gasteiger partial charge in [-0.3, -0.25) is 0 Å². The number of amides is 4. The minimum atomic E-state index is -0.861. The van der Waals surface area contributed by atoms with Crippen molar-refractivity contribution in [2.45, 2.75) is 0 Å². The van der Waals surface area contributed by atoms with Crippen LogP contribution in [0, 0.1) is 0 Å². The van der Waals surface area contributed by atoms with Crippen molar-refractivity contribution in [2.75, 3.05) is 17.1 Å². The molecule has 98 valence electrons. The summed E-state index contributed by atoms with van der Waals surface area (Å²) in [5, 5.41) is 1.42. The van der Waals surface area contributed by atoms with Gasteiger partial charge in [0.2, 0.25) is 0 Å². The Labute approximate surface area is 103 Å². The molecule has 4 amide bonds. The Morgan fingerprint density at radius 2 is 1.67 bits per heavy atom. The van der Waals surface area contributed by atoms with Gasteiger partial charge in [-0.25, -0.2) is 31.3 Å². The van der Waals surface area contributed by atoms with Crippen LogP contribution in [0.2, 0.25) is 0 Å². The fraction of sp³-hybridized carbons (Fsp3) is 0.111. The van der Waals surface area contributed by atoms with Crippen LogP contribution in [0.15, 0.2) is 18.2 Å². The Kier molecular flexibility index (Phi) is 3.92. The Balaban J connectivity index is 3.19. The summed E-state index contributed by atoms with van der Waals surface area (Å²) in [4.78, 5) is 21.9. The highest BCUT2D eigenvalue weighted by molar-refractivity contribution is 5.93. The van der Waals surface area contributed by atoms with Gasteiger partial charge in [-0.15, -0.1) is 0 Å². The summed E-state index contributed by atoms with van der Waals surface area (Å²) < 4.78 is 5.02. The number of hydrazine groups is 2. The molecule has 8 N–H and O–H groups in total. The van der Waals surface area contributed by atoms with Gasteiger partial charge in [0.1, 0.15) is 11.4 Å². The second-order valence-electron chi connectivity index (χ2n) is 3.27. The van der Waals surface area contributed by atoms with Gasteiger partial charge in [-0.1, -0.05) is 0 Å². The van der Waals surface area contributed by atoms with Gasteiger partial charge in [0.25, 0.3) is 0 Å². The fourth-order valence-corrected chi connectivity index (χ4v) is 1.26. The van der Waals surface area contributed by atoms with Crippen molar-refractivity contribution in [3.63, 3.8) is 0 Å². The molecule has 0 aliphatic carbocycles. The summed E-state index contributed by atoms with van der Waals surface area (Å²) in [5.74, 6) is 11.1. The number of nitrogens with zero attached hydrogens (tertiary/aromatic N) is 2. The molecular formula is C9H14N6O3. The summed E-state index contributed by atoms with van der Waals surface area (Å²) >= 11 is 0. The van der Waals surface area contributed by atoms with Crippen LogP contribution in [0.5, 0.6) is 5.75 Å². The van der Waals surface area contributed by atoms with E-state index >= 15 is 0 Å². The zero-order valence-electron chi connectivity index (χ0n) is 9.66. The topological polar surface area (TPSA) is 154 Å². The zero-order chi connectivity index (χ0) is 13.9. The summed E-state index contributed by atoms with van der Waals surface area (Å²) in [7, 11) is 1.36. The first-order valence-electron chi connectivity index (χ1n) is 4.75. The van der Waals surface area contributed by atoms with Gasteiger partial charge in [-0.2, -0.15) is 0 Å². The Morgan fingerprint density at radius 1 is 1.11 bits per heavy atom. The number of urea groups is 2. The third-order valence-electron chi connectivity index (χ3n) is 2.18. The molecule has 0 aliphatic rings. The van der Waals surface area contributed by atoms with E-state index in [1.165, 1.54) is 25.3 Å². The number of ether oxygens (including phenoxy) is 1. The lowest BCUT2D eigenvalue weighted by molar-refractivity contribution is 0.253. The van der Waals surface area contributed by atoms with E-state index in [1.54, 1.807) is 0 Å². The molecule has 0 heterocycles. The van der Waals surface area contributed by atoms with Gasteiger partial charge in [0, 0.05) is 6.07 Å². The minimum Gasteiger partial charge on any atom is -0.494 e. The molecule has 1 rings (SSSR count). The summed E-state index contributed by atoms with van der Waals surface area (Å²) in [6, 6.07) is 2.54. The molecule has 0 aliphatic heterocycles. The van der Waals surface area contributed by atoms with Crippen LogP contribution in [0.1, 0.15) is 0 Å². The Morgan fingerprint density at radius 3 is 2.11 bits per heavy atom. The maximum Gasteiger partial charge on any atom is 0.333 e. The van der Waals surface area contributed by atoms with Gasteiger partial charge < -0.3 is 16.2 Å². The quantitative estimate of drug-likeness (QED) is 0.316. The standard InChI is InChI=1S/C9H14N6O3/c1-18-7-4-5(14(12)8(10)16)2-3-6(7)15(13)9(11)17/h2-4H,12-13H2,1H3,(H2,10,16)(H2,11,17). The number of primary amides is 2. The van der Waals surface area contributed by atoms with Crippen LogP contribution in [0.25, 0.3) is 0 Å². The smallest absolute Gasteiger partial charge is 0.333 e. The molecule has 9 heteroatoms. The number of rotatable bonds is 3. The monoisotopic (exact) mass is 254 g/mol. The largest absolute Gasteiger partial charge is 0.494 e. The summed E-state index contributed by atoms with van der Waals surface area (Å²) in [6.45, 7) is 0. The van der Waals surface area contributed by atoms with E-state index in [2.05, 4.69) is 0 Å². The highest BCUT2D eigenvalue weighted by atomic mass is 16.5. The lowest BCUT2D eigenvalue weighted by Crippen LogP contribution is -2.42. The highest BCUT2D eigenvalue weighted by Gasteiger charge is 2.16. The van der Waals surface area contributed by atoms with Gasteiger partial charge in [0.05, 0.1) is 12.8 Å². The first-order chi connectivity index (χ1) is 8.38. The lowest BCUT2D eigenvalue weighted by atomic mass is 10.2. The number of carbonyl (C=O) groups is 2. The van der Waals surface area contributed by atoms with Crippen LogP contribution >= 0.6 is 0 Å². The molecule has 0 fully saturated rings. The van der Waals surface area contributed by atoms with Gasteiger partial charge in [0.15, 0.2) is 0 Å². The highest BCUT2D eigenvalue weighted by Crippen LogP contribution is 2.30. The molecule has 1 aromatic carbocycles. The number of benzene rings is 1. The number of nitrogens with two attached hydrogens (primary N) is 4. The molecule has 0 unspecified atom stereocenters. The molecule has 0 aromatic heterocycles. The predicted molar refractivity (Wildman–Crippen MR) is 65.5 cm³/mol. The van der Waals surface area contributed by atoms with E-state index in [4.69, 9.17) is 27.9 Å². The third-order valence-corrected chi connectivity index (χ3v) is 2.18. The van der Waals surface area contributed by atoms with E-state index in [1.807, 2.05) is 0 Å². The number of hydrogen-bond donors (Lipinski definition) is 4. The second-order valence-corrected chi connectivity index (χ2v) is 3.27. The van der Waals surface area contributed by atoms with E-state index in [0.29, 0.717) is 5.01 Å². The molecule has 0 atom stereocenters. The second kappa shape index (κ2) is 5.21. The van der Waals surface area contributed by atoms with Crippen molar-refractivity contribution in [3.8, 4) is 5.75 Å². The maximum absolute atomic E-state index is 11.0. The van der Waals surface area contributed by atoms with E-state index in [-0.39, 0.29) is 17.1 Å². The van der Waals surface area contributed by atoms with Crippen LogP contribution in [0.4, 0.5) is 21.0 Å². The Hall–Kier alpha value is -2.52. The predicted octanol–water partition coefficient (Wildman–Crippen LogP) is -0.787. The van der Waals surface area contributed by atoms with Crippen LogP contribution in [-0.2, 0) is 0 Å². The molecule has 0 bridgehead atoms. The first kappa shape index (κ1) is 13.5. The molecule has 0 saturated heterocycles. The van der Waals surface area contributed by atoms with Gasteiger partial charge >= 0.3 is 12.1 Å². The molecule has 0 saturated carbocycles. The lowest BCUT2D eigenvalue weighted by Gasteiger charge is -2.20. The molecular weight excluding hydrogens is 240 g/mol. The molecule has 0 radical (unpaired) electrons. The molecule has 1 aromatic rings. The molecule has 9 nitrogen and oxygen atoms in total. The van der Waals surface area contributed by atoms with Gasteiger partial charge in [-0.05, 0) is 12.1 Å². The minimum absolute atomic E-state index is 0.213. The fourth-order valence-electron chi connectivity index (χ4n) is 1.26. The van der Waals surface area contributed by atoms with Crippen LogP contribution in [-0.4, -0.2) is 19.2 Å². The van der Waals surface area contributed by atoms with Crippen molar-refractivity contribution in [1.29, 1.82) is 0 Å². The number of methoxy groups -OCH3 is 1. The third kappa shape index (κ3) is 2.59. The molecule has 18 heavy (non-hydrogen) atoms. The van der Waals surface area contributed by atoms with Crippen molar-refractivity contribution < 1.29 is 14.3 Å². The SMILES string of the molecule is COc1cc(N(N)C(N)=O)ccc1N(N)C(N)=O. The molecule has 0 spiro atoms. The normalized spacial score (nSPS) is 9.72. The summed E-state index contributed by atoms with van der Waals surface area (Å²) in [6.07, 6.45) is 0. The number of hydrogen-bond acceptors (Lipinski definition) is 5. The number of anilines is 2. The van der Waals surface area contributed by atoms with Crippen molar-refractivity contribution in [2.24, 2.45) is 23.2 Å². The van der Waals surface area contributed by atoms with Crippen molar-refractivity contribution in [3.05, 3.63) is 18.2 Å². The average molecular weight is 254 g/mol. The van der Waals surface area contributed by atoms with E-state index < -0.39 is 12.1 Å². The van der Waals surface area contributed by atoms with E-state index in [0.717, 1.165) is 5.01 Å². The van der Waals surface area contributed by atoms with Crippen LogP contribution in [0.3, 0.4) is 0 Å². The van der Waals surface area contributed by atoms with Crippen molar-refractivity contribution in [1.82, 2.24) is 0 Å². The first-order valence-corrected chi connectivity index (χ1v) is 4.75. The zero-order valence-corrected chi connectivity index (χ0v) is 9.66. The van der Waals surface area contributed by atoms with E-state index in [9.17, 15) is 9.59 Å². The average Bonchev–Trinajstić information content (AvgIpc) is 2.35. The van der Waals surface area contributed by atoms with Crippen LogP contribution < -0.4 is 37.9 Å².